The smallest absolute Gasteiger partial charge is 0.335 e. The largest absolute Gasteiger partial charge is 0.478 e. The van der Waals surface area contributed by atoms with Crippen molar-refractivity contribution in [3.8, 4) is 23.0 Å². The van der Waals surface area contributed by atoms with E-state index in [1.165, 1.54) is 0 Å². The lowest BCUT2D eigenvalue weighted by atomic mass is 10.00. The first-order chi connectivity index (χ1) is 15.7. The standard InChI is InChI=1S/C27H22N2O3/c30-27(31)21-13-15-26-24(17-21)25(28-29(26)22-10-6-16-32-18-22)14-12-20-9-4-5-11-23(20)19-7-2-1-3-8-19/h1-5,7-9,11,13,15,17,22H,6,10,16,18H2,(H,30,31). The quantitative estimate of drug-likeness (QED) is 0.464. The van der Waals surface area contributed by atoms with E-state index in [9.17, 15) is 9.90 Å². The van der Waals surface area contributed by atoms with Gasteiger partial charge in [0.25, 0.3) is 0 Å². The Labute approximate surface area is 186 Å². The molecule has 1 unspecified atom stereocenters. The van der Waals surface area contributed by atoms with Gasteiger partial charge in [0.15, 0.2) is 0 Å². The van der Waals surface area contributed by atoms with E-state index < -0.39 is 5.97 Å². The van der Waals surface area contributed by atoms with Crippen molar-refractivity contribution in [2.24, 2.45) is 0 Å². The van der Waals surface area contributed by atoms with E-state index in [-0.39, 0.29) is 11.6 Å². The number of hydrogen-bond donors (Lipinski definition) is 1. The van der Waals surface area contributed by atoms with Crippen LogP contribution in [0.15, 0.2) is 72.8 Å². The second kappa shape index (κ2) is 8.70. The predicted molar refractivity (Wildman–Crippen MR) is 124 cm³/mol. The Morgan fingerprint density at radius 2 is 1.84 bits per heavy atom. The molecule has 0 amide bonds. The molecule has 1 aromatic heterocycles. The molecule has 1 saturated heterocycles. The van der Waals surface area contributed by atoms with Crippen LogP contribution in [0.4, 0.5) is 0 Å². The number of carbonyl (C=O) groups is 1. The molecule has 5 nitrogen and oxygen atoms in total. The van der Waals surface area contributed by atoms with Crippen molar-refractivity contribution < 1.29 is 14.6 Å². The molecule has 5 heteroatoms. The molecule has 0 saturated carbocycles. The first-order valence-electron chi connectivity index (χ1n) is 10.7. The Kier molecular flexibility index (Phi) is 5.45. The molecule has 1 aliphatic heterocycles. The number of ether oxygens (including phenoxy) is 1. The molecule has 0 spiro atoms. The highest BCUT2D eigenvalue weighted by Gasteiger charge is 2.21. The highest BCUT2D eigenvalue weighted by atomic mass is 16.5. The van der Waals surface area contributed by atoms with Crippen molar-refractivity contribution >= 4 is 16.9 Å². The fourth-order valence-electron chi connectivity index (χ4n) is 4.15. The average Bonchev–Trinajstić information content (AvgIpc) is 3.22. The van der Waals surface area contributed by atoms with Crippen LogP contribution in [0.1, 0.15) is 40.5 Å². The highest BCUT2D eigenvalue weighted by Crippen LogP contribution is 2.28. The Bertz CT molecular complexity index is 1340. The number of aromatic carboxylic acids is 1. The molecule has 0 aliphatic carbocycles. The van der Waals surface area contributed by atoms with E-state index >= 15 is 0 Å². The molecule has 1 fully saturated rings. The number of rotatable bonds is 3. The Morgan fingerprint density at radius 1 is 1.03 bits per heavy atom. The molecular formula is C27H22N2O3. The van der Waals surface area contributed by atoms with Gasteiger partial charge in [-0.3, -0.25) is 4.68 Å². The third-order valence-electron chi connectivity index (χ3n) is 5.76. The number of hydrogen-bond acceptors (Lipinski definition) is 3. The van der Waals surface area contributed by atoms with Crippen molar-refractivity contribution in [1.29, 1.82) is 0 Å². The number of carboxylic acid groups (broad SMARTS) is 1. The molecule has 5 rings (SSSR count). The molecular weight excluding hydrogens is 400 g/mol. The number of carboxylic acids is 1. The van der Waals surface area contributed by atoms with Crippen molar-refractivity contribution in [1.82, 2.24) is 9.78 Å². The molecule has 4 aromatic rings. The van der Waals surface area contributed by atoms with Gasteiger partial charge in [-0.05, 0) is 54.2 Å². The van der Waals surface area contributed by atoms with Gasteiger partial charge >= 0.3 is 5.97 Å². The molecule has 0 bridgehead atoms. The van der Waals surface area contributed by atoms with Crippen LogP contribution in [-0.2, 0) is 4.74 Å². The van der Waals surface area contributed by atoms with Gasteiger partial charge < -0.3 is 9.84 Å². The van der Waals surface area contributed by atoms with Gasteiger partial charge in [-0.15, -0.1) is 0 Å². The summed E-state index contributed by atoms with van der Waals surface area (Å²) >= 11 is 0. The zero-order chi connectivity index (χ0) is 21.9. The summed E-state index contributed by atoms with van der Waals surface area (Å²) in [7, 11) is 0. The van der Waals surface area contributed by atoms with Crippen LogP contribution in [0.3, 0.4) is 0 Å². The van der Waals surface area contributed by atoms with Crippen LogP contribution in [0.25, 0.3) is 22.0 Å². The number of fused-ring (bicyclic) bond motifs is 1. The molecule has 1 atom stereocenters. The second-order valence-electron chi connectivity index (χ2n) is 7.86. The summed E-state index contributed by atoms with van der Waals surface area (Å²) < 4.78 is 7.61. The monoisotopic (exact) mass is 422 g/mol. The topological polar surface area (TPSA) is 64.3 Å². The van der Waals surface area contributed by atoms with E-state index in [4.69, 9.17) is 9.84 Å². The molecule has 3 aromatic carbocycles. The maximum absolute atomic E-state index is 11.6. The zero-order valence-electron chi connectivity index (χ0n) is 17.5. The van der Waals surface area contributed by atoms with Gasteiger partial charge in [0.1, 0.15) is 5.69 Å². The minimum atomic E-state index is -0.964. The van der Waals surface area contributed by atoms with Crippen molar-refractivity contribution in [3.05, 3.63) is 89.6 Å². The molecule has 1 N–H and O–H groups in total. The lowest BCUT2D eigenvalue weighted by Crippen LogP contribution is -2.22. The van der Waals surface area contributed by atoms with Gasteiger partial charge in [0.05, 0.1) is 23.7 Å². The highest BCUT2D eigenvalue weighted by molar-refractivity contribution is 5.95. The van der Waals surface area contributed by atoms with Gasteiger partial charge in [0, 0.05) is 17.6 Å². The normalized spacial score (nSPS) is 15.8. The van der Waals surface area contributed by atoms with Crippen LogP contribution in [0.2, 0.25) is 0 Å². The molecule has 0 radical (unpaired) electrons. The summed E-state index contributed by atoms with van der Waals surface area (Å²) in [5.41, 5.74) is 4.74. The average molecular weight is 422 g/mol. The number of benzene rings is 3. The first-order valence-corrected chi connectivity index (χ1v) is 10.7. The third kappa shape index (κ3) is 3.89. The molecule has 2 heterocycles. The minimum Gasteiger partial charge on any atom is -0.478 e. The van der Waals surface area contributed by atoms with E-state index in [1.807, 2.05) is 47.1 Å². The van der Waals surface area contributed by atoms with Crippen LogP contribution in [0.5, 0.6) is 0 Å². The maximum atomic E-state index is 11.6. The fraction of sp³-hybridized carbons (Fsp3) is 0.185. The van der Waals surface area contributed by atoms with E-state index in [2.05, 4.69) is 30.0 Å². The molecule has 1 aliphatic rings. The van der Waals surface area contributed by atoms with Crippen molar-refractivity contribution in [3.63, 3.8) is 0 Å². The Hall–Kier alpha value is -3.88. The minimum absolute atomic E-state index is 0.120. The van der Waals surface area contributed by atoms with E-state index in [0.29, 0.717) is 12.3 Å². The summed E-state index contributed by atoms with van der Waals surface area (Å²) in [5.74, 6) is 5.54. The SMILES string of the molecule is O=C(O)c1ccc2c(c1)c(C#Cc1ccccc1-c1ccccc1)nn2C1CCCOC1. The summed E-state index contributed by atoms with van der Waals surface area (Å²) in [6.45, 7) is 1.36. The molecule has 158 valence electrons. The van der Waals surface area contributed by atoms with Gasteiger partial charge in [-0.1, -0.05) is 54.5 Å². The summed E-state index contributed by atoms with van der Waals surface area (Å²) in [6, 6.07) is 23.4. The zero-order valence-corrected chi connectivity index (χ0v) is 17.5. The van der Waals surface area contributed by atoms with Gasteiger partial charge in [0.2, 0.25) is 0 Å². The van der Waals surface area contributed by atoms with Gasteiger partial charge in [-0.25, -0.2) is 4.79 Å². The van der Waals surface area contributed by atoms with Crippen LogP contribution >= 0.6 is 0 Å². The number of aromatic nitrogens is 2. The Morgan fingerprint density at radius 3 is 2.62 bits per heavy atom. The van der Waals surface area contributed by atoms with Gasteiger partial charge in [-0.2, -0.15) is 5.10 Å². The summed E-state index contributed by atoms with van der Waals surface area (Å²) in [6.07, 6.45) is 1.95. The fourth-order valence-corrected chi connectivity index (χ4v) is 4.15. The second-order valence-corrected chi connectivity index (χ2v) is 7.86. The Balaban J connectivity index is 1.62. The maximum Gasteiger partial charge on any atom is 0.335 e. The lowest BCUT2D eigenvalue weighted by molar-refractivity contribution is 0.0564. The third-order valence-corrected chi connectivity index (χ3v) is 5.76. The van der Waals surface area contributed by atoms with Crippen molar-refractivity contribution in [2.45, 2.75) is 18.9 Å². The summed E-state index contributed by atoms with van der Waals surface area (Å²) in [4.78, 5) is 11.6. The van der Waals surface area contributed by atoms with Crippen LogP contribution in [-0.4, -0.2) is 34.1 Å². The van der Waals surface area contributed by atoms with E-state index in [1.54, 1.807) is 12.1 Å². The molecule has 32 heavy (non-hydrogen) atoms. The predicted octanol–water partition coefficient (Wildman–Crippen LogP) is 5.15. The number of nitrogens with zero attached hydrogens (tertiary/aromatic N) is 2. The van der Waals surface area contributed by atoms with Crippen LogP contribution in [0, 0.1) is 11.8 Å². The van der Waals surface area contributed by atoms with Crippen molar-refractivity contribution in [2.75, 3.05) is 13.2 Å². The lowest BCUT2D eigenvalue weighted by Gasteiger charge is -2.23. The van der Waals surface area contributed by atoms with E-state index in [0.717, 1.165) is 47.0 Å². The first kappa shape index (κ1) is 20.0. The summed E-state index contributed by atoms with van der Waals surface area (Å²) in [5, 5.41) is 15.0. The van der Waals surface area contributed by atoms with Crippen LogP contribution < -0.4 is 0 Å².